The highest BCUT2D eigenvalue weighted by Gasteiger charge is 2.50. The Morgan fingerprint density at radius 2 is 2.18 bits per heavy atom. The van der Waals surface area contributed by atoms with E-state index in [0.29, 0.717) is 0 Å². The molecule has 1 aliphatic rings. The number of nitrogens with one attached hydrogen (secondary N) is 1. The van der Waals surface area contributed by atoms with Gasteiger partial charge in [-0.15, -0.1) is 0 Å². The third-order valence-electron chi connectivity index (χ3n) is 3.30. The minimum Gasteiger partial charge on any atom is -0.487 e. The first-order valence-electron chi connectivity index (χ1n) is 6.50. The van der Waals surface area contributed by atoms with Crippen LogP contribution in [-0.2, 0) is 16.5 Å². The summed E-state index contributed by atoms with van der Waals surface area (Å²) in [6.45, 7) is 4.58. The number of hydrogen-bond donors (Lipinski definition) is 1. The summed E-state index contributed by atoms with van der Waals surface area (Å²) in [6, 6.07) is 4.59. The molecule has 3 atom stereocenters. The quantitative estimate of drug-likeness (QED) is 0.840. The fourth-order valence-corrected chi connectivity index (χ4v) is 3.20. The minimum absolute atomic E-state index is 0.00653. The molecule has 8 heteroatoms. The molecular formula is C14H15BrF2N2O2S. The number of rotatable bonds is 2. The average Bonchev–Trinajstić information content (AvgIpc) is 2.44. The standard InChI is InChI=1S/C14H15BrF2N2O2S/c1-13(2,3)22(20)19-14(7-18)8-4-5-9(15)11(17)12(8)21-6-10(14)16/h4-5,10,19H,6H2,1-3H3/t10-,14-,22?/m1/s1. The first-order chi connectivity index (χ1) is 10.1. The Morgan fingerprint density at radius 1 is 1.55 bits per heavy atom. The lowest BCUT2D eigenvalue weighted by molar-refractivity contribution is 0.105. The summed E-state index contributed by atoms with van der Waals surface area (Å²) in [5, 5.41) is 9.56. The van der Waals surface area contributed by atoms with Crippen molar-refractivity contribution in [3.8, 4) is 11.8 Å². The maximum atomic E-state index is 14.5. The predicted molar refractivity (Wildman–Crippen MR) is 82.8 cm³/mol. The van der Waals surface area contributed by atoms with Gasteiger partial charge in [0.15, 0.2) is 23.3 Å². The van der Waals surface area contributed by atoms with Crippen LogP contribution in [0.3, 0.4) is 0 Å². The Balaban J connectivity index is 2.60. The van der Waals surface area contributed by atoms with Crippen LogP contribution in [0, 0.1) is 17.1 Å². The summed E-state index contributed by atoms with van der Waals surface area (Å²) in [4.78, 5) is 0. The molecule has 1 aromatic rings. The molecule has 0 saturated carbocycles. The van der Waals surface area contributed by atoms with Crippen LogP contribution in [-0.4, -0.2) is 21.7 Å². The molecule has 0 aliphatic carbocycles. The molecule has 4 nitrogen and oxygen atoms in total. The molecule has 0 fully saturated rings. The summed E-state index contributed by atoms with van der Waals surface area (Å²) >= 11 is 3.02. The monoisotopic (exact) mass is 392 g/mol. The van der Waals surface area contributed by atoms with Crippen LogP contribution >= 0.6 is 15.9 Å². The second-order valence-corrected chi connectivity index (χ2v) is 8.74. The van der Waals surface area contributed by atoms with Crippen LogP contribution in [0.5, 0.6) is 5.75 Å². The van der Waals surface area contributed by atoms with Crippen molar-refractivity contribution in [3.05, 3.63) is 28.0 Å². The van der Waals surface area contributed by atoms with E-state index in [1.54, 1.807) is 20.8 Å². The van der Waals surface area contributed by atoms with Crippen LogP contribution in [0.4, 0.5) is 8.78 Å². The van der Waals surface area contributed by atoms with Crippen molar-refractivity contribution in [1.29, 1.82) is 5.26 Å². The molecule has 0 spiro atoms. The highest BCUT2D eigenvalue weighted by atomic mass is 79.9. The van der Waals surface area contributed by atoms with Crippen molar-refractivity contribution in [1.82, 2.24) is 4.72 Å². The fraction of sp³-hybridized carbons (Fsp3) is 0.500. The largest absolute Gasteiger partial charge is 0.487 e. The van der Waals surface area contributed by atoms with E-state index in [0.717, 1.165) is 0 Å². The van der Waals surface area contributed by atoms with Gasteiger partial charge >= 0.3 is 0 Å². The number of nitrogens with zero attached hydrogens (tertiary/aromatic N) is 1. The minimum atomic E-state index is -1.92. The highest BCUT2D eigenvalue weighted by molar-refractivity contribution is 9.10. The zero-order chi connectivity index (χ0) is 16.7. The lowest BCUT2D eigenvalue weighted by Gasteiger charge is -2.37. The molecule has 0 amide bonds. The van der Waals surface area contributed by atoms with E-state index in [-0.39, 0.29) is 15.8 Å². The van der Waals surface area contributed by atoms with E-state index in [1.165, 1.54) is 12.1 Å². The molecule has 0 bridgehead atoms. The fourth-order valence-electron chi connectivity index (χ4n) is 2.01. The van der Waals surface area contributed by atoms with Gasteiger partial charge in [-0.25, -0.2) is 17.7 Å². The highest BCUT2D eigenvalue weighted by Crippen LogP contribution is 2.42. The van der Waals surface area contributed by atoms with Crippen LogP contribution in [0.15, 0.2) is 16.6 Å². The second kappa shape index (κ2) is 5.87. The van der Waals surface area contributed by atoms with E-state index in [1.807, 2.05) is 6.07 Å². The van der Waals surface area contributed by atoms with Gasteiger partial charge in [-0.3, -0.25) is 0 Å². The van der Waals surface area contributed by atoms with E-state index in [9.17, 15) is 18.3 Å². The topological polar surface area (TPSA) is 62.1 Å². The molecule has 0 aromatic heterocycles. The van der Waals surface area contributed by atoms with Crippen molar-refractivity contribution in [2.45, 2.75) is 37.2 Å². The van der Waals surface area contributed by atoms with Gasteiger partial charge in [0.2, 0.25) is 0 Å². The third kappa shape index (κ3) is 2.77. The number of nitriles is 1. The molecule has 0 saturated heterocycles. The number of halogens is 3. The van der Waals surface area contributed by atoms with Gasteiger partial charge in [0.1, 0.15) is 6.61 Å². The van der Waals surface area contributed by atoms with Crippen molar-refractivity contribution in [2.24, 2.45) is 0 Å². The molecule has 1 aromatic carbocycles. The number of hydrogen-bond acceptors (Lipinski definition) is 3. The molecule has 2 rings (SSSR count). The summed E-state index contributed by atoms with van der Waals surface area (Å²) in [6.07, 6.45) is -1.78. The summed E-state index contributed by atoms with van der Waals surface area (Å²) in [7, 11) is -1.72. The van der Waals surface area contributed by atoms with Crippen LogP contribution in [0.2, 0.25) is 0 Å². The number of fused-ring (bicyclic) bond motifs is 1. The molecule has 1 N–H and O–H groups in total. The Bertz CT molecular complexity index is 672. The van der Waals surface area contributed by atoms with E-state index in [4.69, 9.17) is 4.74 Å². The summed E-state index contributed by atoms with van der Waals surface area (Å²) in [5.41, 5.74) is -1.92. The van der Waals surface area contributed by atoms with Gasteiger partial charge in [0, 0.05) is 5.56 Å². The maximum absolute atomic E-state index is 14.5. The number of ether oxygens (including phenoxy) is 1. The molecular weight excluding hydrogens is 378 g/mol. The summed E-state index contributed by atoms with van der Waals surface area (Å²) in [5.74, 6) is -0.921. The second-order valence-electron chi connectivity index (χ2n) is 5.92. The third-order valence-corrected chi connectivity index (χ3v) is 5.54. The Hall–Kier alpha value is -1.04. The average molecular weight is 393 g/mol. The van der Waals surface area contributed by atoms with E-state index in [2.05, 4.69) is 20.7 Å². The Kier molecular flexibility index (Phi) is 4.62. The molecule has 22 heavy (non-hydrogen) atoms. The predicted octanol–water partition coefficient (Wildman–Crippen LogP) is 3.09. The number of benzene rings is 1. The molecule has 0 radical (unpaired) electrons. The van der Waals surface area contributed by atoms with E-state index >= 15 is 0 Å². The van der Waals surface area contributed by atoms with Crippen molar-refractivity contribution >= 4 is 26.9 Å². The van der Waals surface area contributed by atoms with Gasteiger partial charge < -0.3 is 4.74 Å². The van der Waals surface area contributed by atoms with Crippen molar-refractivity contribution in [2.75, 3.05) is 6.61 Å². The summed E-state index contributed by atoms with van der Waals surface area (Å²) < 4.78 is 48.1. The zero-order valence-corrected chi connectivity index (χ0v) is 14.6. The maximum Gasteiger partial charge on any atom is 0.181 e. The van der Waals surface area contributed by atoms with Gasteiger partial charge in [-0.2, -0.15) is 5.26 Å². The van der Waals surface area contributed by atoms with Gasteiger partial charge in [-0.1, -0.05) is 6.07 Å². The molecule has 1 heterocycles. The zero-order valence-electron chi connectivity index (χ0n) is 12.2. The normalized spacial score (nSPS) is 25.8. The van der Waals surface area contributed by atoms with Crippen LogP contribution in [0.1, 0.15) is 26.3 Å². The van der Waals surface area contributed by atoms with Crippen LogP contribution < -0.4 is 9.46 Å². The van der Waals surface area contributed by atoms with Gasteiger partial charge in [0.25, 0.3) is 0 Å². The first-order valence-corrected chi connectivity index (χ1v) is 8.44. The molecule has 120 valence electrons. The Labute approximate surface area is 138 Å². The first kappa shape index (κ1) is 17.3. The smallest absolute Gasteiger partial charge is 0.181 e. The van der Waals surface area contributed by atoms with Crippen molar-refractivity contribution < 1.29 is 17.7 Å². The molecule has 1 aliphatic heterocycles. The van der Waals surface area contributed by atoms with Crippen molar-refractivity contribution in [3.63, 3.8) is 0 Å². The van der Waals surface area contributed by atoms with Gasteiger partial charge in [0.05, 0.1) is 26.3 Å². The van der Waals surface area contributed by atoms with Crippen LogP contribution in [0.25, 0.3) is 0 Å². The SMILES string of the molecule is CC(C)(C)S(=O)N[C@]1(C#N)c2ccc(Br)c(F)c2OC[C@H]1F. The Morgan fingerprint density at radius 3 is 2.73 bits per heavy atom. The number of alkyl halides is 1. The van der Waals surface area contributed by atoms with E-state index < -0.39 is 39.9 Å². The van der Waals surface area contributed by atoms with Gasteiger partial charge in [-0.05, 0) is 42.8 Å². The lowest BCUT2D eigenvalue weighted by atomic mass is 9.85. The molecule has 1 unspecified atom stereocenters. The lowest BCUT2D eigenvalue weighted by Crippen LogP contribution is -2.56.